The molecule has 0 aliphatic rings. The van der Waals surface area contributed by atoms with Crippen LogP contribution in [0.4, 0.5) is 11.4 Å². The molecule has 156 valence electrons. The lowest BCUT2D eigenvalue weighted by Gasteiger charge is -2.10. The molecule has 8 nitrogen and oxygen atoms in total. The summed E-state index contributed by atoms with van der Waals surface area (Å²) in [6.07, 6.45) is 0.851. The lowest BCUT2D eigenvalue weighted by Crippen LogP contribution is -2.14. The van der Waals surface area contributed by atoms with Gasteiger partial charge in [0, 0.05) is 16.9 Å². The van der Waals surface area contributed by atoms with Crippen LogP contribution in [0.25, 0.3) is 0 Å². The third-order valence-electron chi connectivity index (χ3n) is 4.37. The highest BCUT2D eigenvalue weighted by atomic mass is 32.2. The maximum atomic E-state index is 12.5. The SMILES string of the molecule is CCc1ccc(NS(=O)(=O)c2ccc(NC(=O)c3cc(O)c(O)c(O)c3)cc2)cc1. The van der Waals surface area contributed by atoms with Crippen molar-refractivity contribution < 1.29 is 28.5 Å². The Bertz CT molecular complexity index is 1150. The quantitative estimate of drug-likeness (QED) is 0.382. The summed E-state index contributed by atoms with van der Waals surface area (Å²) in [5.41, 5.74) is 1.75. The average molecular weight is 428 g/mol. The molecule has 0 fully saturated rings. The van der Waals surface area contributed by atoms with Gasteiger partial charge in [0.2, 0.25) is 0 Å². The summed E-state index contributed by atoms with van der Waals surface area (Å²) in [5, 5.41) is 30.9. The molecular formula is C21H20N2O6S. The van der Waals surface area contributed by atoms with Gasteiger partial charge in [0.1, 0.15) is 0 Å². The lowest BCUT2D eigenvalue weighted by atomic mass is 10.1. The Labute approximate surface area is 173 Å². The Morgan fingerprint density at radius 3 is 1.93 bits per heavy atom. The Kier molecular flexibility index (Phi) is 5.84. The van der Waals surface area contributed by atoms with Gasteiger partial charge in [0.25, 0.3) is 15.9 Å². The molecule has 0 aromatic heterocycles. The number of aromatic hydroxyl groups is 3. The van der Waals surface area contributed by atoms with Crippen molar-refractivity contribution in [2.24, 2.45) is 0 Å². The van der Waals surface area contributed by atoms with Gasteiger partial charge in [0.05, 0.1) is 4.90 Å². The standard InChI is InChI=1S/C21H20N2O6S/c1-2-13-3-5-16(6-4-13)23-30(28,29)17-9-7-15(8-10-17)22-21(27)14-11-18(24)20(26)19(25)12-14/h3-12,23-26H,2H2,1H3,(H,22,27). The zero-order chi connectivity index (χ0) is 21.9. The van der Waals surface area contributed by atoms with Gasteiger partial charge in [-0.15, -0.1) is 0 Å². The summed E-state index contributed by atoms with van der Waals surface area (Å²) in [7, 11) is -3.80. The second kappa shape index (κ2) is 8.34. The Morgan fingerprint density at radius 2 is 1.40 bits per heavy atom. The van der Waals surface area contributed by atoms with Gasteiger partial charge in [-0.3, -0.25) is 9.52 Å². The van der Waals surface area contributed by atoms with Crippen LogP contribution in [0.15, 0.2) is 65.6 Å². The van der Waals surface area contributed by atoms with Crippen molar-refractivity contribution in [3.05, 3.63) is 71.8 Å². The Hall–Kier alpha value is -3.72. The number of aryl methyl sites for hydroxylation is 1. The van der Waals surface area contributed by atoms with Gasteiger partial charge in [-0.25, -0.2) is 8.42 Å². The average Bonchev–Trinajstić information content (AvgIpc) is 2.72. The largest absolute Gasteiger partial charge is 0.504 e. The first-order valence-corrected chi connectivity index (χ1v) is 10.5. The molecule has 9 heteroatoms. The zero-order valence-corrected chi connectivity index (χ0v) is 16.8. The minimum absolute atomic E-state index is 0.0139. The number of carbonyl (C=O) groups is 1. The van der Waals surface area contributed by atoms with Crippen molar-refractivity contribution in [2.45, 2.75) is 18.2 Å². The summed E-state index contributed by atoms with van der Waals surface area (Å²) < 4.78 is 27.6. The summed E-state index contributed by atoms with van der Waals surface area (Å²) in [5.74, 6) is -2.66. The Balaban J connectivity index is 1.72. The van der Waals surface area contributed by atoms with Crippen molar-refractivity contribution in [3.8, 4) is 17.2 Å². The number of rotatable bonds is 6. The van der Waals surface area contributed by atoms with Crippen LogP contribution in [0.1, 0.15) is 22.8 Å². The van der Waals surface area contributed by atoms with Crippen molar-refractivity contribution in [2.75, 3.05) is 10.0 Å². The van der Waals surface area contributed by atoms with Crippen molar-refractivity contribution in [1.29, 1.82) is 0 Å². The molecule has 30 heavy (non-hydrogen) atoms. The van der Waals surface area contributed by atoms with Crippen LogP contribution < -0.4 is 10.0 Å². The second-order valence-electron chi connectivity index (χ2n) is 6.50. The summed E-state index contributed by atoms with van der Waals surface area (Å²) in [4.78, 5) is 12.3. The van der Waals surface area contributed by atoms with E-state index in [1.54, 1.807) is 12.1 Å². The fourth-order valence-corrected chi connectivity index (χ4v) is 3.74. The van der Waals surface area contributed by atoms with Crippen LogP contribution >= 0.6 is 0 Å². The number of sulfonamides is 1. The van der Waals surface area contributed by atoms with Crippen LogP contribution in [0.3, 0.4) is 0 Å². The number of nitrogens with one attached hydrogen (secondary N) is 2. The predicted octanol–water partition coefficient (Wildman–Crippen LogP) is 3.42. The highest BCUT2D eigenvalue weighted by Crippen LogP contribution is 2.35. The van der Waals surface area contributed by atoms with Crippen molar-refractivity contribution in [1.82, 2.24) is 0 Å². The number of carbonyl (C=O) groups excluding carboxylic acids is 1. The molecule has 0 aliphatic heterocycles. The normalized spacial score (nSPS) is 11.1. The van der Waals surface area contributed by atoms with Crippen LogP contribution in [0, 0.1) is 0 Å². The first-order valence-electron chi connectivity index (χ1n) is 8.97. The van der Waals surface area contributed by atoms with Crippen molar-refractivity contribution in [3.63, 3.8) is 0 Å². The summed E-state index contributed by atoms with van der Waals surface area (Å²) in [6, 6.07) is 14.5. The predicted molar refractivity (Wildman–Crippen MR) is 112 cm³/mol. The molecule has 3 aromatic rings. The maximum Gasteiger partial charge on any atom is 0.261 e. The number of phenols is 3. The molecule has 0 heterocycles. The van der Waals surface area contributed by atoms with Crippen molar-refractivity contribution >= 4 is 27.3 Å². The first-order chi connectivity index (χ1) is 14.2. The maximum absolute atomic E-state index is 12.5. The lowest BCUT2D eigenvalue weighted by molar-refractivity contribution is 0.102. The third-order valence-corrected chi connectivity index (χ3v) is 5.77. The van der Waals surface area contributed by atoms with E-state index in [1.807, 2.05) is 19.1 Å². The fraction of sp³-hybridized carbons (Fsp3) is 0.0952. The molecule has 0 spiro atoms. The molecule has 0 saturated heterocycles. The molecule has 0 atom stereocenters. The number of benzene rings is 3. The number of anilines is 2. The number of amides is 1. The van der Waals surface area contributed by atoms with E-state index in [0.717, 1.165) is 24.1 Å². The van der Waals surface area contributed by atoms with E-state index in [9.17, 15) is 28.5 Å². The molecule has 0 unspecified atom stereocenters. The highest BCUT2D eigenvalue weighted by molar-refractivity contribution is 7.92. The third kappa shape index (κ3) is 4.64. The molecule has 1 amide bonds. The molecule has 3 rings (SSSR count). The van der Waals surface area contributed by atoms with Gasteiger partial charge in [-0.05, 0) is 60.5 Å². The number of hydrogen-bond donors (Lipinski definition) is 5. The van der Waals surface area contributed by atoms with E-state index < -0.39 is 33.2 Å². The molecule has 0 bridgehead atoms. The van der Waals surface area contributed by atoms with Gasteiger partial charge in [-0.2, -0.15) is 0 Å². The van der Waals surface area contributed by atoms with E-state index in [2.05, 4.69) is 10.0 Å². The van der Waals surface area contributed by atoms with Gasteiger partial charge in [-0.1, -0.05) is 19.1 Å². The second-order valence-corrected chi connectivity index (χ2v) is 8.18. The molecular weight excluding hydrogens is 408 g/mol. The fourth-order valence-electron chi connectivity index (χ4n) is 2.68. The van der Waals surface area contributed by atoms with Crippen LogP contribution in [0.5, 0.6) is 17.2 Å². The molecule has 0 saturated carbocycles. The minimum atomic E-state index is -3.80. The summed E-state index contributed by atoms with van der Waals surface area (Å²) in [6.45, 7) is 2.01. The van der Waals surface area contributed by atoms with E-state index in [-0.39, 0.29) is 10.5 Å². The summed E-state index contributed by atoms with van der Waals surface area (Å²) >= 11 is 0. The van der Waals surface area contributed by atoms with Crippen LogP contribution in [-0.2, 0) is 16.4 Å². The highest BCUT2D eigenvalue weighted by Gasteiger charge is 2.16. The van der Waals surface area contributed by atoms with E-state index in [1.165, 1.54) is 24.3 Å². The van der Waals surface area contributed by atoms with Crippen LogP contribution in [-0.4, -0.2) is 29.6 Å². The van der Waals surface area contributed by atoms with E-state index >= 15 is 0 Å². The number of hydrogen-bond acceptors (Lipinski definition) is 6. The van der Waals surface area contributed by atoms with Crippen LogP contribution in [0.2, 0.25) is 0 Å². The first kappa shape index (κ1) is 21.0. The number of phenolic OH excluding ortho intramolecular Hbond substituents is 3. The topological polar surface area (TPSA) is 136 Å². The van der Waals surface area contributed by atoms with Gasteiger partial charge < -0.3 is 20.6 Å². The Morgan fingerprint density at radius 1 is 0.867 bits per heavy atom. The van der Waals surface area contributed by atoms with E-state index in [0.29, 0.717) is 11.4 Å². The molecule has 0 aliphatic carbocycles. The minimum Gasteiger partial charge on any atom is -0.504 e. The van der Waals surface area contributed by atoms with Gasteiger partial charge >= 0.3 is 0 Å². The zero-order valence-electron chi connectivity index (χ0n) is 16.0. The molecule has 3 aromatic carbocycles. The molecule has 0 radical (unpaired) electrons. The van der Waals surface area contributed by atoms with E-state index in [4.69, 9.17) is 0 Å². The molecule has 5 N–H and O–H groups in total. The smallest absolute Gasteiger partial charge is 0.261 e. The monoisotopic (exact) mass is 428 g/mol. The van der Waals surface area contributed by atoms with Gasteiger partial charge in [0.15, 0.2) is 17.2 Å².